The van der Waals surface area contributed by atoms with Crippen molar-refractivity contribution in [2.24, 2.45) is 0 Å². The highest BCUT2D eigenvalue weighted by Gasteiger charge is 2.27. The van der Waals surface area contributed by atoms with Gasteiger partial charge in [-0.15, -0.1) is 0 Å². The Bertz CT molecular complexity index is 554. The van der Waals surface area contributed by atoms with Gasteiger partial charge in [0.05, 0.1) is 5.02 Å². The molecule has 5 nitrogen and oxygen atoms in total. The first kappa shape index (κ1) is 17.8. The van der Waals surface area contributed by atoms with Crippen LogP contribution in [0.1, 0.15) is 33.6 Å². The lowest BCUT2D eigenvalue weighted by Crippen LogP contribution is -2.43. The Hall–Kier alpha value is -1.53. The molecule has 1 heterocycles. The average Bonchev–Trinajstić information content (AvgIpc) is 2.47. The average molecular weight is 346 g/mol. The molecule has 0 bridgehead atoms. The maximum absolute atomic E-state index is 13.3. The standard InChI is InChI=1S/C16H21ClFNO4/c1-16(2,3)21-15(20)19-8-6-11(7-9-19)22-23-12-4-5-13(17)14(18)10-12/h4-5,10-11H,6-9H2,1-3H3. The van der Waals surface area contributed by atoms with Gasteiger partial charge in [0, 0.05) is 19.2 Å². The van der Waals surface area contributed by atoms with Crippen LogP contribution in [0.2, 0.25) is 5.02 Å². The van der Waals surface area contributed by atoms with E-state index < -0.39 is 11.4 Å². The van der Waals surface area contributed by atoms with E-state index in [0.29, 0.717) is 25.9 Å². The molecule has 0 aliphatic carbocycles. The molecule has 1 aliphatic rings. The molecular formula is C16H21ClFNO4. The first-order valence-corrected chi connectivity index (χ1v) is 7.89. The van der Waals surface area contributed by atoms with Crippen LogP contribution >= 0.6 is 11.6 Å². The summed E-state index contributed by atoms with van der Waals surface area (Å²) in [7, 11) is 0. The van der Waals surface area contributed by atoms with Crippen molar-refractivity contribution in [1.29, 1.82) is 0 Å². The fourth-order valence-corrected chi connectivity index (χ4v) is 2.23. The highest BCUT2D eigenvalue weighted by molar-refractivity contribution is 6.30. The monoisotopic (exact) mass is 345 g/mol. The van der Waals surface area contributed by atoms with Crippen molar-refractivity contribution in [3.05, 3.63) is 29.0 Å². The lowest BCUT2D eigenvalue weighted by atomic mass is 10.1. The van der Waals surface area contributed by atoms with Gasteiger partial charge in [0.2, 0.25) is 0 Å². The summed E-state index contributed by atoms with van der Waals surface area (Å²) in [5, 5.41) is 0.0306. The number of hydrogen-bond acceptors (Lipinski definition) is 4. The smallest absolute Gasteiger partial charge is 0.410 e. The van der Waals surface area contributed by atoms with E-state index in [1.54, 1.807) is 4.90 Å². The molecule has 23 heavy (non-hydrogen) atoms. The number of carbonyl (C=O) groups is 1. The third-order valence-electron chi connectivity index (χ3n) is 3.27. The van der Waals surface area contributed by atoms with Gasteiger partial charge in [-0.05, 0) is 45.7 Å². The summed E-state index contributed by atoms with van der Waals surface area (Å²) in [5.41, 5.74) is -0.508. The van der Waals surface area contributed by atoms with Crippen LogP contribution < -0.4 is 4.89 Å². The van der Waals surface area contributed by atoms with Gasteiger partial charge in [-0.25, -0.2) is 9.18 Å². The van der Waals surface area contributed by atoms with E-state index in [-0.39, 0.29) is 23.0 Å². The Balaban J connectivity index is 1.76. The fourth-order valence-electron chi connectivity index (χ4n) is 2.11. The zero-order chi connectivity index (χ0) is 17.0. The maximum Gasteiger partial charge on any atom is 0.410 e. The summed E-state index contributed by atoms with van der Waals surface area (Å²) in [5.74, 6) is -0.311. The van der Waals surface area contributed by atoms with E-state index in [9.17, 15) is 9.18 Å². The summed E-state index contributed by atoms with van der Waals surface area (Å²) in [6.45, 7) is 6.55. The van der Waals surface area contributed by atoms with E-state index in [1.165, 1.54) is 12.1 Å². The Labute approximate surface area is 140 Å². The molecular weight excluding hydrogens is 325 g/mol. The lowest BCUT2D eigenvalue weighted by molar-refractivity contribution is -0.252. The molecule has 0 aromatic heterocycles. The molecule has 0 radical (unpaired) electrons. The second-order valence-electron chi connectivity index (χ2n) is 6.42. The van der Waals surface area contributed by atoms with Crippen molar-refractivity contribution in [3.8, 4) is 5.75 Å². The summed E-state index contributed by atoms with van der Waals surface area (Å²) in [6, 6.07) is 4.10. The van der Waals surface area contributed by atoms with Crippen molar-refractivity contribution in [1.82, 2.24) is 4.90 Å². The second-order valence-corrected chi connectivity index (χ2v) is 6.83. The van der Waals surface area contributed by atoms with Crippen molar-refractivity contribution in [2.45, 2.75) is 45.3 Å². The molecule has 7 heteroatoms. The molecule has 2 rings (SSSR count). The molecule has 0 atom stereocenters. The molecule has 0 N–H and O–H groups in total. The number of amides is 1. The van der Waals surface area contributed by atoms with E-state index in [4.69, 9.17) is 26.1 Å². The van der Waals surface area contributed by atoms with Crippen LogP contribution in [0.5, 0.6) is 5.75 Å². The number of nitrogens with zero attached hydrogens (tertiary/aromatic N) is 1. The third-order valence-corrected chi connectivity index (χ3v) is 3.57. The zero-order valence-electron chi connectivity index (χ0n) is 13.5. The number of likely N-dealkylation sites (tertiary alicyclic amines) is 1. The Morgan fingerprint density at radius 2 is 1.96 bits per heavy atom. The molecule has 128 valence electrons. The number of piperidine rings is 1. The Morgan fingerprint density at radius 3 is 2.52 bits per heavy atom. The lowest BCUT2D eigenvalue weighted by Gasteiger charge is -2.32. The molecule has 1 aliphatic heterocycles. The molecule has 1 aromatic rings. The maximum atomic E-state index is 13.3. The van der Waals surface area contributed by atoms with Crippen molar-refractivity contribution < 1.29 is 23.7 Å². The third kappa shape index (κ3) is 5.55. The summed E-state index contributed by atoms with van der Waals surface area (Å²) in [6.07, 6.45) is 0.758. The Kier molecular flexibility index (Phi) is 5.70. The predicted molar refractivity (Wildman–Crippen MR) is 84.0 cm³/mol. The quantitative estimate of drug-likeness (QED) is 0.609. The van der Waals surface area contributed by atoms with Crippen LogP contribution in [0.4, 0.5) is 9.18 Å². The van der Waals surface area contributed by atoms with Crippen LogP contribution in [-0.4, -0.2) is 35.8 Å². The minimum Gasteiger partial charge on any atom is -0.444 e. The van der Waals surface area contributed by atoms with E-state index in [2.05, 4.69) is 0 Å². The predicted octanol–water partition coefficient (Wildman–Crippen LogP) is 4.19. The molecule has 0 unspecified atom stereocenters. The van der Waals surface area contributed by atoms with E-state index in [1.807, 2.05) is 20.8 Å². The van der Waals surface area contributed by atoms with E-state index >= 15 is 0 Å². The van der Waals surface area contributed by atoms with Crippen LogP contribution in [0.3, 0.4) is 0 Å². The topological polar surface area (TPSA) is 48.0 Å². The van der Waals surface area contributed by atoms with Crippen molar-refractivity contribution in [2.75, 3.05) is 13.1 Å². The number of rotatable bonds is 3. The first-order chi connectivity index (χ1) is 10.7. The highest BCUT2D eigenvalue weighted by atomic mass is 35.5. The number of hydrogen-bond donors (Lipinski definition) is 0. The van der Waals surface area contributed by atoms with Gasteiger partial charge in [-0.3, -0.25) is 0 Å². The summed E-state index contributed by atoms with van der Waals surface area (Å²) >= 11 is 5.60. The highest BCUT2D eigenvalue weighted by Crippen LogP contribution is 2.22. The number of ether oxygens (including phenoxy) is 1. The fraction of sp³-hybridized carbons (Fsp3) is 0.562. The van der Waals surface area contributed by atoms with Crippen LogP contribution in [0, 0.1) is 5.82 Å². The van der Waals surface area contributed by atoms with Gasteiger partial charge in [0.1, 0.15) is 17.5 Å². The van der Waals surface area contributed by atoms with Crippen molar-refractivity contribution in [3.63, 3.8) is 0 Å². The minimum atomic E-state index is -0.562. The molecule has 0 saturated carbocycles. The molecule has 1 fully saturated rings. The second kappa shape index (κ2) is 7.36. The molecule has 1 saturated heterocycles. The van der Waals surface area contributed by atoms with Gasteiger partial charge in [0.25, 0.3) is 0 Å². The number of halogens is 2. The summed E-state index contributed by atoms with van der Waals surface area (Å²) in [4.78, 5) is 24.0. The van der Waals surface area contributed by atoms with Crippen LogP contribution in [0.25, 0.3) is 0 Å². The van der Waals surface area contributed by atoms with Gasteiger partial charge < -0.3 is 14.5 Å². The number of carbonyl (C=O) groups excluding carboxylic acids is 1. The molecule has 1 aromatic carbocycles. The zero-order valence-corrected chi connectivity index (χ0v) is 14.2. The molecule has 1 amide bonds. The first-order valence-electron chi connectivity index (χ1n) is 7.51. The largest absolute Gasteiger partial charge is 0.444 e. The number of benzene rings is 1. The van der Waals surface area contributed by atoms with Gasteiger partial charge in [-0.2, -0.15) is 4.89 Å². The minimum absolute atomic E-state index is 0.0306. The Morgan fingerprint density at radius 1 is 1.30 bits per heavy atom. The van der Waals surface area contributed by atoms with Crippen molar-refractivity contribution >= 4 is 17.7 Å². The van der Waals surface area contributed by atoms with E-state index in [0.717, 1.165) is 6.07 Å². The summed E-state index contributed by atoms with van der Waals surface area (Å²) < 4.78 is 18.6. The normalized spacial score (nSPS) is 16.3. The van der Waals surface area contributed by atoms with Gasteiger partial charge in [-0.1, -0.05) is 11.6 Å². The van der Waals surface area contributed by atoms with Crippen LogP contribution in [-0.2, 0) is 9.62 Å². The molecule has 0 spiro atoms. The SMILES string of the molecule is CC(C)(C)OC(=O)N1CCC(OOc2ccc(Cl)c(F)c2)CC1. The van der Waals surface area contributed by atoms with Crippen LogP contribution in [0.15, 0.2) is 18.2 Å². The van der Waals surface area contributed by atoms with Gasteiger partial charge >= 0.3 is 6.09 Å². The van der Waals surface area contributed by atoms with Gasteiger partial charge in [0.15, 0.2) is 5.75 Å².